The molecule has 0 spiro atoms. The molecule has 3 aromatic carbocycles. The van der Waals surface area contributed by atoms with E-state index in [-0.39, 0.29) is 28.9 Å². The molecule has 264 valence electrons. The van der Waals surface area contributed by atoms with Gasteiger partial charge in [0, 0.05) is 49.4 Å². The van der Waals surface area contributed by atoms with Crippen molar-refractivity contribution in [3.05, 3.63) is 102 Å². The van der Waals surface area contributed by atoms with Crippen molar-refractivity contribution in [2.24, 2.45) is 5.14 Å². The van der Waals surface area contributed by atoms with Crippen molar-refractivity contribution in [2.45, 2.75) is 54.6 Å². The first-order valence-electron chi connectivity index (χ1n) is 17.0. The second-order valence-corrected chi connectivity index (χ2v) is 14.6. The Balaban J connectivity index is 1.13. The van der Waals surface area contributed by atoms with Gasteiger partial charge in [0.25, 0.3) is 0 Å². The van der Waals surface area contributed by atoms with Gasteiger partial charge in [0.15, 0.2) is 17.0 Å². The van der Waals surface area contributed by atoms with E-state index in [0.29, 0.717) is 54.7 Å². The molecule has 2 aliphatic rings. The lowest BCUT2D eigenvalue weighted by atomic mass is 9.91. The number of imidazole rings is 1. The maximum Gasteiger partial charge on any atom is 0.319 e. The summed E-state index contributed by atoms with van der Waals surface area (Å²) in [5, 5.41) is 17.5. The highest BCUT2D eigenvalue weighted by atomic mass is 32.2. The monoisotopic (exact) mass is 708 g/mol. The van der Waals surface area contributed by atoms with E-state index in [2.05, 4.69) is 50.1 Å². The molecular formula is C36H40N10O4S. The van der Waals surface area contributed by atoms with Crippen LogP contribution in [0, 0.1) is 0 Å². The highest BCUT2D eigenvalue weighted by Crippen LogP contribution is 2.35. The number of urea groups is 1. The van der Waals surface area contributed by atoms with Crippen LogP contribution in [0.25, 0.3) is 11.2 Å². The van der Waals surface area contributed by atoms with Gasteiger partial charge in [-0.1, -0.05) is 66.7 Å². The molecule has 5 aromatic rings. The number of anilines is 3. The quantitative estimate of drug-likeness (QED) is 0.120. The lowest BCUT2D eigenvalue weighted by molar-refractivity contribution is -0.110. The predicted molar refractivity (Wildman–Crippen MR) is 195 cm³/mol. The number of carbonyl (C=O) groups is 2. The molecule has 0 radical (unpaired) electrons. The number of hydrogen-bond acceptors (Lipinski definition) is 9. The predicted octanol–water partition coefficient (Wildman–Crippen LogP) is 3.96. The van der Waals surface area contributed by atoms with Gasteiger partial charge in [0.05, 0.1) is 11.2 Å². The summed E-state index contributed by atoms with van der Waals surface area (Å²) in [7, 11) is -3.91. The van der Waals surface area contributed by atoms with Crippen LogP contribution in [0.3, 0.4) is 0 Å². The number of primary sulfonamides is 1. The molecule has 3 heterocycles. The zero-order valence-corrected chi connectivity index (χ0v) is 28.7. The molecule has 2 unspecified atom stereocenters. The number of aromatic nitrogens is 4. The number of amides is 3. The van der Waals surface area contributed by atoms with Crippen LogP contribution in [0.2, 0.25) is 0 Å². The molecule has 2 aromatic heterocycles. The SMILES string of the molecule is NS(=O)(=O)c1cccc(NC(=O)N[C@@H]2CCN(c3nc(NCC(c4ccccc4)c4ccccc4)c4ncn(C5CCC(NC=O)C5)c4n3)C2)c1. The van der Waals surface area contributed by atoms with E-state index in [4.69, 9.17) is 20.1 Å². The fourth-order valence-electron chi connectivity index (χ4n) is 7.06. The number of fused-ring (bicyclic) bond motifs is 1. The Morgan fingerprint density at radius 3 is 2.39 bits per heavy atom. The van der Waals surface area contributed by atoms with Crippen molar-refractivity contribution in [3.63, 3.8) is 0 Å². The summed E-state index contributed by atoms with van der Waals surface area (Å²) < 4.78 is 25.6. The first-order valence-corrected chi connectivity index (χ1v) is 18.5. The van der Waals surface area contributed by atoms with Crippen molar-refractivity contribution in [3.8, 4) is 0 Å². The molecule has 3 amide bonds. The molecule has 51 heavy (non-hydrogen) atoms. The zero-order valence-electron chi connectivity index (χ0n) is 27.9. The van der Waals surface area contributed by atoms with Gasteiger partial charge in [0.2, 0.25) is 22.4 Å². The number of benzene rings is 3. The van der Waals surface area contributed by atoms with Crippen molar-refractivity contribution in [1.29, 1.82) is 0 Å². The van der Waals surface area contributed by atoms with Crippen LogP contribution in [-0.2, 0) is 14.8 Å². The van der Waals surface area contributed by atoms with Gasteiger partial charge >= 0.3 is 6.03 Å². The van der Waals surface area contributed by atoms with Crippen molar-refractivity contribution >= 4 is 51.1 Å². The van der Waals surface area contributed by atoms with E-state index < -0.39 is 16.1 Å². The molecule has 1 aliphatic heterocycles. The molecule has 6 N–H and O–H groups in total. The first kappa shape index (κ1) is 33.9. The van der Waals surface area contributed by atoms with Crippen LogP contribution < -0.4 is 31.3 Å². The number of rotatable bonds is 12. The normalized spacial score (nSPS) is 18.9. The summed E-state index contributed by atoms with van der Waals surface area (Å²) >= 11 is 0. The third-order valence-electron chi connectivity index (χ3n) is 9.62. The van der Waals surface area contributed by atoms with E-state index in [1.165, 1.54) is 29.3 Å². The maximum atomic E-state index is 12.9. The number of carbonyl (C=O) groups excluding carboxylic acids is 2. The third kappa shape index (κ3) is 7.79. The van der Waals surface area contributed by atoms with Crippen molar-refractivity contribution < 1.29 is 18.0 Å². The Kier molecular flexibility index (Phi) is 9.81. The smallest absolute Gasteiger partial charge is 0.319 e. The number of hydrogen-bond donors (Lipinski definition) is 5. The molecule has 0 bridgehead atoms. The van der Waals surface area contributed by atoms with Crippen LogP contribution in [0.4, 0.5) is 22.2 Å². The fourth-order valence-corrected chi connectivity index (χ4v) is 7.62. The van der Waals surface area contributed by atoms with Crippen LogP contribution in [-0.4, -0.2) is 72.1 Å². The summed E-state index contributed by atoms with van der Waals surface area (Å²) in [6.07, 6.45) is 5.76. The standard InChI is InChI=1S/C36H40N10O4S/c37-51(49,50)30-13-7-12-27(19-30)41-36(48)42-28-16-17-45(21-28)35-43-33(32-34(44-35)46(22-39-32)29-15-14-26(18-29)40-23-47)38-20-31(24-8-3-1-4-9-24)25-10-5-2-6-11-25/h1-13,19,22-23,26,28-29,31H,14-18,20-21H2,(H,40,47)(H2,37,49,50)(H,38,43,44)(H2,41,42,48)/t26?,28-,29?/m1/s1. The minimum Gasteiger partial charge on any atom is -0.367 e. The highest BCUT2D eigenvalue weighted by Gasteiger charge is 2.31. The van der Waals surface area contributed by atoms with Gasteiger partial charge in [-0.05, 0) is 55.0 Å². The molecule has 2 fully saturated rings. The van der Waals surface area contributed by atoms with Crippen molar-refractivity contribution in [2.75, 3.05) is 35.2 Å². The minimum atomic E-state index is -3.91. The zero-order chi connectivity index (χ0) is 35.4. The van der Waals surface area contributed by atoms with Gasteiger partial charge in [-0.15, -0.1) is 0 Å². The summed E-state index contributed by atoms with van der Waals surface area (Å²) in [6.45, 7) is 1.64. The summed E-state index contributed by atoms with van der Waals surface area (Å²) in [5.74, 6) is 1.20. The molecule has 14 nitrogen and oxygen atoms in total. The Labute approximate surface area is 295 Å². The second-order valence-electron chi connectivity index (χ2n) is 13.0. The van der Waals surface area contributed by atoms with Crippen LogP contribution >= 0.6 is 0 Å². The highest BCUT2D eigenvalue weighted by molar-refractivity contribution is 7.89. The van der Waals surface area contributed by atoms with Crippen LogP contribution in [0.5, 0.6) is 0 Å². The molecule has 15 heteroatoms. The first-order chi connectivity index (χ1) is 24.7. The third-order valence-corrected chi connectivity index (χ3v) is 10.5. The van der Waals surface area contributed by atoms with Gasteiger partial charge in [-0.3, -0.25) is 4.79 Å². The van der Waals surface area contributed by atoms with Gasteiger partial charge < -0.3 is 30.7 Å². The van der Waals surface area contributed by atoms with Gasteiger partial charge in [-0.25, -0.2) is 23.3 Å². The minimum absolute atomic E-state index is 0.0532. The summed E-state index contributed by atoms with van der Waals surface area (Å²) in [4.78, 5) is 40.9. The second kappa shape index (κ2) is 14.7. The number of sulfonamides is 1. The number of nitrogens with two attached hydrogens (primary N) is 1. The molecule has 1 saturated heterocycles. The van der Waals surface area contributed by atoms with E-state index in [1.807, 2.05) is 47.6 Å². The summed E-state index contributed by atoms with van der Waals surface area (Å²) in [6, 6.07) is 26.1. The van der Waals surface area contributed by atoms with E-state index in [1.54, 1.807) is 6.07 Å². The molecular weight excluding hydrogens is 669 g/mol. The van der Waals surface area contributed by atoms with E-state index in [9.17, 15) is 18.0 Å². The van der Waals surface area contributed by atoms with Gasteiger partial charge in [0.1, 0.15) is 0 Å². The Morgan fingerprint density at radius 2 is 1.69 bits per heavy atom. The molecule has 1 saturated carbocycles. The average Bonchev–Trinajstić information content (AvgIpc) is 3.89. The number of nitrogens with zero attached hydrogens (tertiary/aromatic N) is 5. The van der Waals surface area contributed by atoms with Crippen molar-refractivity contribution in [1.82, 2.24) is 30.2 Å². The largest absolute Gasteiger partial charge is 0.367 e. The lowest BCUT2D eigenvalue weighted by Gasteiger charge is -2.22. The van der Waals surface area contributed by atoms with Crippen LogP contribution in [0.1, 0.15) is 48.8 Å². The average molecular weight is 709 g/mol. The topological polar surface area (TPSA) is 189 Å². The lowest BCUT2D eigenvalue weighted by Crippen LogP contribution is -2.40. The fraction of sp³-hybridized carbons (Fsp3) is 0.306. The van der Waals surface area contributed by atoms with Gasteiger partial charge in [-0.2, -0.15) is 9.97 Å². The van der Waals surface area contributed by atoms with E-state index in [0.717, 1.165) is 25.7 Å². The molecule has 7 rings (SSSR count). The Bertz CT molecular complexity index is 2070. The Hall–Kier alpha value is -5.54. The van der Waals surface area contributed by atoms with E-state index >= 15 is 0 Å². The Morgan fingerprint density at radius 1 is 0.941 bits per heavy atom. The summed E-state index contributed by atoms with van der Waals surface area (Å²) in [5.41, 5.74) is 4.04. The maximum absolute atomic E-state index is 12.9. The number of nitrogens with one attached hydrogen (secondary N) is 4. The molecule has 1 aliphatic carbocycles. The van der Waals surface area contributed by atoms with Crippen LogP contribution in [0.15, 0.2) is 96.2 Å². The molecule has 3 atom stereocenters.